The Labute approximate surface area is 95.3 Å². The van der Waals surface area contributed by atoms with E-state index in [4.69, 9.17) is 11.5 Å². The largest absolute Gasteiger partial charge is 0.398 e. The van der Waals surface area contributed by atoms with Gasteiger partial charge in [-0.2, -0.15) is 0 Å². The quantitative estimate of drug-likeness (QED) is 0.705. The monoisotopic (exact) mass is 216 g/mol. The predicted molar refractivity (Wildman–Crippen MR) is 66.8 cm³/mol. The molecular formula is C12H16N4. The first-order valence-electron chi connectivity index (χ1n) is 4.95. The molecule has 2 rings (SSSR count). The molecule has 4 nitrogen and oxygen atoms in total. The average Bonchev–Trinajstić information content (AvgIpc) is 2.28. The van der Waals surface area contributed by atoms with E-state index in [0.717, 1.165) is 16.9 Å². The molecular weight excluding hydrogens is 200 g/mol. The van der Waals surface area contributed by atoms with Crippen molar-refractivity contribution in [3.8, 4) is 0 Å². The molecule has 4 heteroatoms. The third-order valence-corrected chi connectivity index (χ3v) is 2.19. The maximum Gasteiger partial charge on any atom is 0.123 e. The highest BCUT2D eigenvalue weighted by Gasteiger charge is 1.94. The van der Waals surface area contributed by atoms with Crippen molar-refractivity contribution in [1.82, 2.24) is 9.97 Å². The molecule has 0 atom stereocenters. The highest BCUT2D eigenvalue weighted by molar-refractivity contribution is 5.46. The van der Waals surface area contributed by atoms with Gasteiger partial charge >= 0.3 is 0 Å². The van der Waals surface area contributed by atoms with Crippen molar-refractivity contribution in [3.05, 3.63) is 47.9 Å². The van der Waals surface area contributed by atoms with E-state index in [1.165, 1.54) is 0 Å². The summed E-state index contributed by atoms with van der Waals surface area (Å²) < 4.78 is 0. The molecule has 0 spiro atoms. The zero-order valence-electron chi connectivity index (χ0n) is 9.51. The van der Waals surface area contributed by atoms with Gasteiger partial charge in [-0.05, 0) is 37.6 Å². The summed E-state index contributed by atoms with van der Waals surface area (Å²) in [4.78, 5) is 7.82. The lowest BCUT2D eigenvalue weighted by Gasteiger charge is -1.99. The second-order valence-electron chi connectivity index (χ2n) is 3.37. The first-order chi connectivity index (χ1) is 7.61. The van der Waals surface area contributed by atoms with E-state index < -0.39 is 0 Å². The van der Waals surface area contributed by atoms with Crippen molar-refractivity contribution in [2.75, 3.05) is 11.5 Å². The SMILES string of the molecule is Cc1nccc(N)c1C.Nc1ccccn1. The third kappa shape index (κ3) is 3.57. The molecule has 16 heavy (non-hydrogen) atoms. The van der Waals surface area contributed by atoms with Gasteiger partial charge in [0, 0.05) is 23.8 Å². The summed E-state index contributed by atoms with van der Waals surface area (Å²) in [5.41, 5.74) is 13.7. The molecule has 2 aromatic heterocycles. The summed E-state index contributed by atoms with van der Waals surface area (Å²) in [6, 6.07) is 7.24. The van der Waals surface area contributed by atoms with Gasteiger partial charge in [-0.15, -0.1) is 0 Å². The molecule has 0 bridgehead atoms. The fourth-order valence-corrected chi connectivity index (χ4v) is 1.04. The van der Waals surface area contributed by atoms with E-state index in [1.807, 2.05) is 32.0 Å². The van der Waals surface area contributed by atoms with Gasteiger partial charge in [-0.25, -0.2) is 4.98 Å². The van der Waals surface area contributed by atoms with Gasteiger partial charge in [-0.1, -0.05) is 6.07 Å². The highest BCUT2D eigenvalue weighted by Crippen LogP contribution is 2.10. The Morgan fingerprint density at radius 1 is 0.938 bits per heavy atom. The highest BCUT2D eigenvalue weighted by atomic mass is 14.8. The first kappa shape index (κ1) is 12.0. The van der Waals surface area contributed by atoms with Crippen LogP contribution in [0.1, 0.15) is 11.3 Å². The zero-order chi connectivity index (χ0) is 12.0. The van der Waals surface area contributed by atoms with Gasteiger partial charge < -0.3 is 11.5 Å². The van der Waals surface area contributed by atoms with Crippen LogP contribution in [0, 0.1) is 13.8 Å². The number of aryl methyl sites for hydroxylation is 1. The minimum absolute atomic E-state index is 0.572. The fraction of sp³-hybridized carbons (Fsp3) is 0.167. The second kappa shape index (κ2) is 5.70. The smallest absolute Gasteiger partial charge is 0.123 e. The lowest BCUT2D eigenvalue weighted by Crippen LogP contribution is -1.93. The lowest BCUT2D eigenvalue weighted by molar-refractivity contribution is 1.15. The molecule has 0 radical (unpaired) electrons. The van der Waals surface area contributed by atoms with Crippen LogP contribution in [0.3, 0.4) is 0 Å². The Kier molecular flexibility index (Phi) is 4.27. The van der Waals surface area contributed by atoms with Crippen LogP contribution in [0.2, 0.25) is 0 Å². The summed E-state index contributed by atoms with van der Waals surface area (Å²) in [7, 11) is 0. The van der Waals surface area contributed by atoms with Gasteiger partial charge in [0.25, 0.3) is 0 Å². The van der Waals surface area contributed by atoms with Crippen LogP contribution < -0.4 is 11.5 Å². The number of rotatable bonds is 0. The molecule has 2 aromatic rings. The first-order valence-corrected chi connectivity index (χ1v) is 4.95. The number of aromatic nitrogens is 2. The van der Waals surface area contributed by atoms with Crippen LogP contribution in [-0.4, -0.2) is 9.97 Å². The summed E-state index contributed by atoms with van der Waals surface area (Å²) in [5, 5.41) is 0. The van der Waals surface area contributed by atoms with Crippen molar-refractivity contribution in [2.24, 2.45) is 0 Å². The molecule has 0 fully saturated rings. The van der Waals surface area contributed by atoms with Crippen LogP contribution in [0.5, 0.6) is 0 Å². The molecule has 0 aliphatic rings. The normalized spacial score (nSPS) is 9.12. The van der Waals surface area contributed by atoms with E-state index >= 15 is 0 Å². The fourth-order valence-electron chi connectivity index (χ4n) is 1.04. The maximum absolute atomic E-state index is 5.58. The summed E-state index contributed by atoms with van der Waals surface area (Å²) in [6.07, 6.45) is 3.38. The molecule has 0 aliphatic carbocycles. The minimum atomic E-state index is 0.572. The van der Waals surface area contributed by atoms with Crippen LogP contribution in [-0.2, 0) is 0 Å². The molecule has 84 valence electrons. The number of hydrogen-bond donors (Lipinski definition) is 2. The average molecular weight is 216 g/mol. The third-order valence-electron chi connectivity index (χ3n) is 2.19. The van der Waals surface area contributed by atoms with Gasteiger partial charge in [0.05, 0.1) is 0 Å². The number of pyridine rings is 2. The van der Waals surface area contributed by atoms with Crippen molar-refractivity contribution < 1.29 is 0 Å². The number of nitrogens with two attached hydrogens (primary N) is 2. The van der Waals surface area contributed by atoms with Gasteiger partial charge in [-0.3, -0.25) is 4.98 Å². The van der Waals surface area contributed by atoms with Crippen LogP contribution in [0.4, 0.5) is 11.5 Å². The molecule has 0 saturated carbocycles. The summed E-state index contributed by atoms with van der Waals surface area (Å²) in [5.74, 6) is 0.572. The molecule has 2 heterocycles. The second-order valence-corrected chi connectivity index (χ2v) is 3.37. The van der Waals surface area contributed by atoms with Gasteiger partial charge in [0.2, 0.25) is 0 Å². The van der Waals surface area contributed by atoms with Crippen molar-refractivity contribution in [3.63, 3.8) is 0 Å². The number of nitrogens with zero attached hydrogens (tertiary/aromatic N) is 2. The van der Waals surface area contributed by atoms with E-state index in [0.29, 0.717) is 5.82 Å². The Morgan fingerprint density at radius 3 is 2.06 bits per heavy atom. The Hall–Kier alpha value is -2.10. The summed E-state index contributed by atoms with van der Waals surface area (Å²) >= 11 is 0. The predicted octanol–water partition coefficient (Wildman–Crippen LogP) is 1.94. The Balaban J connectivity index is 0.000000165. The number of nitrogen functional groups attached to an aromatic ring is 2. The van der Waals surface area contributed by atoms with Gasteiger partial charge in [0.15, 0.2) is 0 Å². The van der Waals surface area contributed by atoms with Gasteiger partial charge in [0.1, 0.15) is 5.82 Å². The Bertz CT molecular complexity index is 420. The molecule has 0 aliphatic heterocycles. The van der Waals surface area contributed by atoms with Crippen molar-refractivity contribution in [1.29, 1.82) is 0 Å². The van der Waals surface area contributed by atoms with E-state index in [-0.39, 0.29) is 0 Å². The van der Waals surface area contributed by atoms with E-state index in [2.05, 4.69) is 9.97 Å². The molecule has 4 N–H and O–H groups in total. The van der Waals surface area contributed by atoms with Crippen molar-refractivity contribution in [2.45, 2.75) is 13.8 Å². The van der Waals surface area contributed by atoms with Crippen LogP contribution >= 0.6 is 0 Å². The standard InChI is InChI=1S/C7H10N2.C5H6N2/c1-5-6(2)9-4-3-7(5)8;6-5-3-1-2-4-7-5/h3-4H,1-2H3,(H2,8,9);1-4H,(H2,6,7). The summed E-state index contributed by atoms with van der Waals surface area (Å²) in [6.45, 7) is 3.92. The minimum Gasteiger partial charge on any atom is -0.398 e. The lowest BCUT2D eigenvalue weighted by atomic mass is 10.2. The molecule has 0 aromatic carbocycles. The van der Waals surface area contributed by atoms with Crippen LogP contribution in [0.15, 0.2) is 36.7 Å². The van der Waals surface area contributed by atoms with Crippen LogP contribution in [0.25, 0.3) is 0 Å². The van der Waals surface area contributed by atoms with E-state index in [9.17, 15) is 0 Å². The number of hydrogen-bond acceptors (Lipinski definition) is 4. The number of anilines is 2. The molecule has 0 unspecified atom stereocenters. The molecule has 0 amide bonds. The maximum atomic E-state index is 5.58. The molecule has 0 saturated heterocycles. The zero-order valence-corrected chi connectivity index (χ0v) is 9.51. The van der Waals surface area contributed by atoms with Crippen molar-refractivity contribution >= 4 is 11.5 Å². The topological polar surface area (TPSA) is 77.8 Å². The Morgan fingerprint density at radius 2 is 1.69 bits per heavy atom. The van der Waals surface area contributed by atoms with E-state index in [1.54, 1.807) is 18.5 Å².